The third-order valence-corrected chi connectivity index (χ3v) is 5.30. The van der Waals surface area contributed by atoms with Crippen molar-refractivity contribution in [3.63, 3.8) is 0 Å². The SMILES string of the molecule is Cn1ccnc1C(NC(=O)c1cnc2n(c1=O)CCS2)c1ccccc1. The molecule has 1 N–H and O–H groups in total. The van der Waals surface area contributed by atoms with Gasteiger partial charge in [0.1, 0.15) is 17.4 Å². The van der Waals surface area contributed by atoms with Gasteiger partial charge >= 0.3 is 0 Å². The maximum absolute atomic E-state index is 12.8. The second-order valence-electron chi connectivity index (χ2n) is 5.97. The Labute approximate surface area is 154 Å². The van der Waals surface area contributed by atoms with E-state index in [0.717, 1.165) is 11.3 Å². The van der Waals surface area contributed by atoms with E-state index in [0.29, 0.717) is 17.5 Å². The number of carbonyl (C=O) groups excluding carboxylic acids is 1. The summed E-state index contributed by atoms with van der Waals surface area (Å²) < 4.78 is 3.40. The van der Waals surface area contributed by atoms with Gasteiger partial charge in [-0.2, -0.15) is 0 Å². The average molecular weight is 367 g/mol. The topological polar surface area (TPSA) is 81.8 Å². The maximum Gasteiger partial charge on any atom is 0.267 e. The van der Waals surface area contributed by atoms with Crippen LogP contribution in [0.2, 0.25) is 0 Å². The van der Waals surface area contributed by atoms with Crippen molar-refractivity contribution in [2.75, 3.05) is 5.75 Å². The molecule has 1 aliphatic rings. The molecule has 132 valence electrons. The normalized spacial score (nSPS) is 14.0. The minimum absolute atomic E-state index is 0.0476. The minimum Gasteiger partial charge on any atom is -0.338 e. The molecular weight excluding hydrogens is 350 g/mol. The molecule has 0 aliphatic carbocycles. The monoisotopic (exact) mass is 367 g/mol. The van der Waals surface area contributed by atoms with Gasteiger partial charge in [0.2, 0.25) is 0 Å². The number of rotatable bonds is 4. The first-order chi connectivity index (χ1) is 12.6. The molecule has 3 aromatic rings. The molecular formula is C18H17N5O2S. The smallest absolute Gasteiger partial charge is 0.267 e. The molecule has 2 aromatic heterocycles. The summed E-state index contributed by atoms with van der Waals surface area (Å²) >= 11 is 1.52. The third kappa shape index (κ3) is 2.92. The fraction of sp³-hybridized carbons (Fsp3) is 0.222. The Morgan fingerprint density at radius 1 is 1.27 bits per heavy atom. The molecule has 1 aliphatic heterocycles. The summed E-state index contributed by atoms with van der Waals surface area (Å²) in [5.41, 5.74) is 0.635. The summed E-state index contributed by atoms with van der Waals surface area (Å²) in [5.74, 6) is 1.04. The number of aryl methyl sites for hydroxylation is 1. The van der Waals surface area contributed by atoms with Gasteiger partial charge in [0.25, 0.3) is 11.5 Å². The Morgan fingerprint density at radius 3 is 2.81 bits per heavy atom. The maximum atomic E-state index is 12.8. The van der Waals surface area contributed by atoms with E-state index in [1.807, 2.05) is 48.1 Å². The standard InChI is InChI=1S/C18H17N5O2S/c1-22-8-7-19-15(22)14(12-5-3-2-4-6-12)21-16(24)13-11-20-18-23(17(13)25)9-10-26-18/h2-8,11,14H,9-10H2,1H3,(H,21,24). The van der Waals surface area contributed by atoms with Crippen molar-refractivity contribution >= 4 is 17.7 Å². The summed E-state index contributed by atoms with van der Waals surface area (Å²) in [6.07, 6.45) is 4.86. The second-order valence-corrected chi connectivity index (χ2v) is 7.04. The number of benzene rings is 1. The van der Waals surface area contributed by atoms with E-state index in [9.17, 15) is 9.59 Å². The average Bonchev–Trinajstić information content (AvgIpc) is 3.30. The summed E-state index contributed by atoms with van der Waals surface area (Å²) in [4.78, 5) is 34.1. The van der Waals surface area contributed by atoms with Crippen LogP contribution in [0.15, 0.2) is 58.9 Å². The molecule has 3 heterocycles. The Balaban J connectivity index is 1.70. The van der Waals surface area contributed by atoms with Crippen molar-refractivity contribution in [1.29, 1.82) is 0 Å². The molecule has 0 bridgehead atoms. The predicted molar refractivity (Wildman–Crippen MR) is 98.2 cm³/mol. The molecule has 26 heavy (non-hydrogen) atoms. The van der Waals surface area contributed by atoms with Crippen LogP contribution in [0.4, 0.5) is 0 Å². The number of thioether (sulfide) groups is 1. The Kier molecular flexibility index (Phi) is 4.34. The van der Waals surface area contributed by atoms with E-state index in [-0.39, 0.29) is 11.1 Å². The molecule has 7 nitrogen and oxygen atoms in total. The van der Waals surface area contributed by atoms with Crippen LogP contribution in [0.3, 0.4) is 0 Å². The van der Waals surface area contributed by atoms with Crippen molar-refractivity contribution in [3.05, 3.63) is 76.2 Å². The summed E-state index contributed by atoms with van der Waals surface area (Å²) in [6, 6.07) is 9.10. The van der Waals surface area contributed by atoms with Gasteiger partial charge in [-0.1, -0.05) is 42.1 Å². The highest BCUT2D eigenvalue weighted by Crippen LogP contribution is 2.22. The van der Waals surface area contributed by atoms with Crippen LogP contribution in [0, 0.1) is 0 Å². The van der Waals surface area contributed by atoms with Gasteiger partial charge in [0.05, 0.1) is 0 Å². The van der Waals surface area contributed by atoms with Crippen molar-refractivity contribution in [1.82, 2.24) is 24.4 Å². The van der Waals surface area contributed by atoms with Crippen LogP contribution >= 0.6 is 11.8 Å². The van der Waals surface area contributed by atoms with E-state index in [1.54, 1.807) is 10.8 Å². The van der Waals surface area contributed by atoms with Crippen LogP contribution in [-0.4, -0.2) is 30.8 Å². The molecule has 0 saturated heterocycles. The lowest BCUT2D eigenvalue weighted by Crippen LogP contribution is -2.36. The summed E-state index contributed by atoms with van der Waals surface area (Å²) in [5, 5.41) is 3.60. The lowest BCUT2D eigenvalue weighted by molar-refractivity contribution is 0.0938. The Hall–Kier alpha value is -2.87. The zero-order chi connectivity index (χ0) is 18.1. The van der Waals surface area contributed by atoms with E-state index in [1.165, 1.54) is 18.0 Å². The zero-order valence-electron chi connectivity index (χ0n) is 14.1. The van der Waals surface area contributed by atoms with E-state index < -0.39 is 11.9 Å². The zero-order valence-corrected chi connectivity index (χ0v) is 14.9. The number of nitrogens with zero attached hydrogens (tertiary/aromatic N) is 4. The van der Waals surface area contributed by atoms with Gasteiger partial charge in [0, 0.05) is 37.9 Å². The van der Waals surface area contributed by atoms with E-state index >= 15 is 0 Å². The third-order valence-electron chi connectivity index (χ3n) is 4.33. The number of fused-ring (bicyclic) bond motifs is 1. The number of aromatic nitrogens is 4. The number of imidazole rings is 1. The second kappa shape index (κ2) is 6.80. The Bertz CT molecular complexity index is 1010. The van der Waals surface area contributed by atoms with Gasteiger partial charge in [-0.15, -0.1) is 0 Å². The fourth-order valence-corrected chi connectivity index (χ4v) is 3.89. The number of carbonyl (C=O) groups is 1. The lowest BCUT2D eigenvalue weighted by Gasteiger charge is -2.19. The van der Waals surface area contributed by atoms with Crippen molar-refractivity contribution < 1.29 is 4.79 Å². The van der Waals surface area contributed by atoms with Crippen molar-refractivity contribution in [3.8, 4) is 0 Å². The minimum atomic E-state index is -0.462. The molecule has 1 atom stereocenters. The van der Waals surface area contributed by atoms with Gasteiger partial charge in [-0.05, 0) is 5.56 Å². The molecule has 0 radical (unpaired) electrons. The number of nitrogens with one attached hydrogen (secondary N) is 1. The first-order valence-corrected chi connectivity index (χ1v) is 9.19. The first kappa shape index (κ1) is 16.6. The summed E-state index contributed by atoms with van der Waals surface area (Å²) in [7, 11) is 1.87. The van der Waals surface area contributed by atoms with Gasteiger partial charge in [0.15, 0.2) is 5.16 Å². The molecule has 0 spiro atoms. The van der Waals surface area contributed by atoms with Crippen LogP contribution in [0.1, 0.15) is 27.8 Å². The van der Waals surface area contributed by atoms with Gasteiger partial charge in [-0.25, -0.2) is 9.97 Å². The largest absolute Gasteiger partial charge is 0.338 e. The lowest BCUT2D eigenvalue weighted by atomic mass is 10.1. The molecule has 4 rings (SSSR count). The number of hydrogen-bond donors (Lipinski definition) is 1. The highest BCUT2D eigenvalue weighted by molar-refractivity contribution is 7.99. The van der Waals surface area contributed by atoms with Crippen LogP contribution in [0.25, 0.3) is 0 Å². The van der Waals surface area contributed by atoms with Crippen molar-refractivity contribution in [2.24, 2.45) is 7.05 Å². The molecule has 1 unspecified atom stereocenters. The fourth-order valence-electron chi connectivity index (χ4n) is 2.98. The predicted octanol–water partition coefficient (Wildman–Crippen LogP) is 1.60. The van der Waals surface area contributed by atoms with E-state index in [4.69, 9.17) is 0 Å². The number of amides is 1. The molecule has 8 heteroatoms. The van der Waals surface area contributed by atoms with Gasteiger partial charge < -0.3 is 9.88 Å². The quantitative estimate of drug-likeness (QED) is 0.709. The molecule has 0 fully saturated rings. The van der Waals surface area contributed by atoms with E-state index in [2.05, 4.69) is 15.3 Å². The summed E-state index contributed by atoms with van der Waals surface area (Å²) in [6.45, 7) is 0.578. The van der Waals surface area contributed by atoms with Gasteiger partial charge in [-0.3, -0.25) is 14.2 Å². The molecule has 0 saturated carbocycles. The van der Waals surface area contributed by atoms with Crippen molar-refractivity contribution in [2.45, 2.75) is 17.7 Å². The van der Waals surface area contributed by atoms with Crippen LogP contribution in [0.5, 0.6) is 0 Å². The number of hydrogen-bond acceptors (Lipinski definition) is 5. The van der Waals surface area contributed by atoms with Crippen LogP contribution < -0.4 is 10.9 Å². The highest BCUT2D eigenvalue weighted by atomic mass is 32.2. The Morgan fingerprint density at radius 2 is 2.08 bits per heavy atom. The highest BCUT2D eigenvalue weighted by Gasteiger charge is 2.25. The molecule has 1 amide bonds. The molecule has 1 aromatic carbocycles. The first-order valence-electron chi connectivity index (χ1n) is 8.21. The van der Waals surface area contributed by atoms with Crippen LogP contribution in [-0.2, 0) is 13.6 Å².